The molecule has 2 heterocycles. The molecule has 1 N–H and O–H groups in total. The van der Waals surface area contributed by atoms with Crippen molar-refractivity contribution < 1.29 is 9.53 Å². The summed E-state index contributed by atoms with van der Waals surface area (Å²) in [5.74, 6) is 0.257. The van der Waals surface area contributed by atoms with Crippen LogP contribution in [0.5, 0.6) is 0 Å². The molecule has 3 unspecified atom stereocenters. The van der Waals surface area contributed by atoms with Gasteiger partial charge in [0.15, 0.2) is 0 Å². The minimum Gasteiger partial charge on any atom is -0.372 e. The fraction of sp³-hybridized carbons (Fsp3) is 0.933. The average molecular weight is 283 g/mol. The molecule has 0 radical (unpaired) electrons. The molecule has 0 aromatic heterocycles. The van der Waals surface area contributed by atoms with E-state index in [9.17, 15) is 4.79 Å². The number of ether oxygens (including phenoxy) is 1. The van der Waals surface area contributed by atoms with E-state index in [0.717, 1.165) is 45.6 Å². The Kier molecular flexibility index (Phi) is 5.81. The van der Waals surface area contributed by atoms with Crippen molar-refractivity contribution in [1.29, 1.82) is 0 Å². The number of rotatable bonds is 5. The lowest BCUT2D eigenvalue weighted by molar-refractivity contribution is -0.144. The highest BCUT2D eigenvalue weighted by Gasteiger charge is 2.29. The molecule has 0 saturated carbocycles. The zero-order valence-electron chi connectivity index (χ0n) is 13.1. The van der Waals surface area contributed by atoms with Crippen molar-refractivity contribution in [2.75, 3.05) is 39.3 Å². The lowest BCUT2D eigenvalue weighted by atomic mass is 10.2. The number of carbonyl (C=O) groups excluding carboxylic acids is 1. The van der Waals surface area contributed by atoms with Crippen LogP contribution in [0.2, 0.25) is 0 Å². The van der Waals surface area contributed by atoms with Crippen LogP contribution in [-0.4, -0.2) is 73.2 Å². The predicted molar refractivity (Wildman–Crippen MR) is 79.7 cm³/mol. The molecular weight excluding hydrogens is 254 g/mol. The highest BCUT2D eigenvalue weighted by Crippen LogP contribution is 2.13. The predicted octanol–water partition coefficient (Wildman–Crippen LogP) is 0.696. The molecule has 3 atom stereocenters. The monoisotopic (exact) mass is 283 g/mol. The summed E-state index contributed by atoms with van der Waals surface area (Å²) in [5, 5.41) is 3.39. The standard InChI is InChI=1S/C15H29N3O2/c1-4-7-17(14-5-6-16-8-14)11-15(19)18-9-12(2)20-13(3)10-18/h12-14,16H,4-11H2,1-3H3. The van der Waals surface area contributed by atoms with Crippen LogP contribution in [-0.2, 0) is 9.53 Å². The topological polar surface area (TPSA) is 44.8 Å². The highest BCUT2D eigenvalue weighted by atomic mass is 16.5. The summed E-state index contributed by atoms with van der Waals surface area (Å²) in [7, 11) is 0. The van der Waals surface area contributed by atoms with Crippen LogP contribution in [0.3, 0.4) is 0 Å². The van der Waals surface area contributed by atoms with E-state index in [0.29, 0.717) is 12.6 Å². The van der Waals surface area contributed by atoms with Crippen molar-refractivity contribution in [3.8, 4) is 0 Å². The molecule has 2 rings (SSSR count). The molecule has 5 nitrogen and oxygen atoms in total. The van der Waals surface area contributed by atoms with Crippen molar-refractivity contribution >= 4 is 5.91 Å². The summed E-state index contributed by atoms with van der Waals surface area (Å²) >= 11 is 0. The molecule has 20 heavy (non-hydrogen) atoms. The Labute approximate surface area is 122 Å². The van der Waals surface area contributed by atoms with Crippen molar-refractivity contribution in [1.82, 2.24) is 15.1 Å². The summed E-state index contributed by atoms with van der Waals surface area (Å²) < 4.78 is 5.70. The Morgan fingerprint density at radius 2 is 2.05 bits per heavy atom. The number of nitrogens with zero attached hydrogens (tertiary/aromatic N) is 2. The molecular formula is C15H29N3O2. The molecule has 2 fully saturated rings. The molecule has 2 saturated heterocycles. The Morgan fingerprint density at radius 1 is 1.35 bits per heavy atom. The fourth-order valence-electron chi connectivity index (χ4n) is 3.28. The smallest absolute Gasteiger partial charge is 0.236 e. The van der Waals surface area contributed by atoms with Crippen LogP contribution in [0.25, 0.3) is 0 Å². The van der Waals surface area contributed by atoms with Gasteiger partial charge in [-0.2, -0.15) is 0 Å². The van der Waals surface area contributed by atoms with Gasteiger partial charge in [0.25, 0.3) is 0 Å². The molecule has 116 valence electrons. The summed E-state index contributed by atoms with van der Waals surface area (Å²) in [4.78, 5) is 16.9. The third-order valence-electron chi connectivity index (χ3n) is 4.17. The van der Waals surface area contributed by atoms with Gasteiger partial charge in [-0.05, 0) is 39.8 Å². The van der Waals surface area contributed by atoms with Gasteiger partial charge in [0.1, 0.15) is 0 Å². The second-order valence-corrected chi connectivity index (χ2v) is 6.17. The summed E-state index contributed by atoms with van der Waals surface area (Å²) in [6.45, 7) is 11.4. The number of hydrogen-bond donors (Lipinski definition) is 1. The first-order valence-electron chi connectivity index (χ1n) is 7.98. The van der Waals surface area contributed by atoms with Crippen LogP contribution in [0.1, 0.15) is 33.6 Å². The SMILES string of the molecule is CCCN(CC(=O)N1CC(C)OC(C)C1)C1CCNC1. The van der Waals surface area contributed by atoms with Gasteiger partial charge < -0.3 is 15.0 Å². The Morgan fingerprint density at radius 3 is 2.60 bits per heavy atom. The number of hydrogen-bond acceptors (Lipinski definition) is 4. The Hall–Kier alpha value is -0.650. The summed E-state index contributed by atoms with van der Waals surface area (Å²) in [6.07, 6.45) is 2.55. The van der Waals surface area contributed by atoms with E-state index in [1.54, 1.807) is 0 Å². The minimum atomic E-state index is 0.149. The second kappa shape index (κ2) is 7.38. The molecule has 0 bridgehead atoms. The summed E-state index contributed by atoms with van der Waals surface area (Å²) in [6, 6.07) is 0.523. The van der Waals surface area contributed by atoms with Crippen molar-refractivity contribution in [2.45, 2.75) is 51.9 Å². The van der Waals surface area contributed by atoms with Gasteiger partial charge in [-0.3, -0.25) is 9.69 Å². The van der Waals surface area contributed by atoms with Crippen LogP contribution < -0.4 is 5.32 Å². The molecule has 0 aliphatic carbocycles. The lowest BCUT2D eigenvalue weighted by Gasteiger charge is -2.37. The number of carbonyl (C=O) groups is 1. The second-order valence-electron chi connectivity index (χ2n) is 6.17. The van der Waals surface area contributed by atoms with E-state index in [1.807, 2.05) is 18.7 Å². The Balaban J connectivity index is 1.89. The van der Waals surface area contributed by atoms with Gasteiger partial charge in [0.2, 0.25) is 5.91 Å². The van der Waals surface area contributed by atoms with Gasteiger partial charge in [-0.25, -0.2) is 0 Å². The molecule has 5 heteroatoms. The highest BCUT2D eigenvalue weighted by molar-refractivity contribution is 5.78. The lowest BCUT2D eigenvalue weighted by Crippen LogP contribution is -2.52. The third kappa shape index (κ3) is 4.17. The maximum absolute atomic E-state index is 12.5. The van der Waals surface area contributed by atoms with E-state index >= 15 is 0 Å². The van der Waals surface area contributed by atoms with Gasteiger partial charge in [0, 0.05) is 25.7 Å². The number of nitrogens with one attached hydrogen (secondary N) is 1. The first-order chi connectivity index (χ1) is 9.60. The molecule has 2 aliphatic heterocycles. The van der Waals surface area contributed by atoms with E-state index in [-0.39, 0.29) is 18.1 Å². The van der Waals surface area contributed by atoms with Crippen molar-refractivity contribution in [2.24, 2.45) is 0 Å². The van der Waals surface area contributed by atoms with E-state index in [1.165, 1.54) is 0 Å². The first kappa shape index (κ1) is 15.7. The summed E-state index contributed by atoms with van der Waals surface area (Å²) in [5.41, 5.74) is 0. The fourth-order valence-corrected chi connectivity index (χ4v) is 3.28. The molecule has 0 spiro atoms. The zero-order chi connectivity index (χ0) is 14.5. The largest absolute Gasteiger partial charge is 0.372 e. The molecule has 0 aromatic carbocycles. The normalized spacial score (nSPS) is 31.0. The number of amides is 1. The average Bonchev–Trinajstić information content (AvgIpc) is 2.90. The van der Waals surface area contributed by atoms with E-state index in [4.69, 9.17) is 4.74 Å². The van der Waals surface area contributed by atoms with Crippen molar-refractivity contribution in [3.05, 3.63) is 0 Å². The van der Waals surface area contributed by atoms with E-state index < -0.39 is 0 Å². The van der Waals surface area contributed by atoms with Crippen molar-refractivity contribution in [3.63, 3.8) is 0 Å². The van der Waals surface area contributed by atoms with Gasteiger partial charge >= 0.3 is 0 Å². The molecule has 0 aromatic rings. The van der Waals surface area contributed by atoms with Crippen LogP contribution in [0, 0.1) is 0 Å². The maximum Gasteiger partial charge on any atom is 0.236 e. The third-order valence-corrected chi connectivity index (χ3v) is 4.17. The number of morpholine rings is 1. The minimum absolute atomic E-state index is 0.149. The van der Waals surface area contributed by atoms with Crippen LogP contribution >= 0.6 is 0 Å². The maximum atomic E-state index is 12.5. The van der Waals surface area contributed by atoms with Gasteiger partial charge in [0.05, 0.1) is 18.8 Å². The zero-order valence-corrected chi connectivity index (χ0v) is 13.1. The molecule has 1 amide bonds. The van der Waals surface area contributed by atoms with Gasteiger partial charge in [-0.15, -0.1) is 0 Å². The first-order valence-corrected chi connectivity index (χ1v) is 7.98. The van der Waals surface area contributed by atoms with Crippen LogP contribution in [0.4, 0.5) is 0 Å². The van der Waals surface area contributed by atoms with Crippen LogP contribution in [0.15, 0.2) is 0 Å². The van der Waals surface area contributed by atoms with Gasteiger partial charge in [-0.1, -0.05) is 6.92 Å². The quantitative estimate of drug-likeness (QED) is 0.806. The van der Waals surface area contributed by atoms with E-state index in [2.05, 4.69) is 17.1 Å². The molecule has 2 aliphatic rings. The Bertz CT molecular complexity index is 308.